The second kappa shape index (κ2) is 9.25. The van der Waals surface area contributed by atoms with Gasteiger partial charge in [0.25, 0.3) is 0 Å². The van der Waals surface area contributed by atoms with E-state index >= 15 is 0 Å². The maximum Gasteiger partial charge on any atom is 0.419 e. The van der Waals surface area contributed by atoms with Crippen LogP contribution in [0.2, 0.25) is 0 Å². The number of halogens is 4. The molecule has 34 heavy (non-hydrogen) atoms. The predicted octanol–water partition coefficient (Wildman–Crippen LogP) is 6.50. The van der Waals surface area contributed by atoms with Gasteiger partial charge in [-0.2, -0.15) is 13.2 Å². The molecule has 0 spiro atoms. The first-order valence-electron chi connectivity index (χ1n) is 10.8. The smallest absolute Gasteiger partial charge is 0.419 e. The zero-order chi connectivity index (χ0) is 25.3. The van der Waals surface area contributed by atoms with Gasteiger partial charge < -0.3 is 14.8 Å². The van der Waals surface area contributed by atoms with Gasteiger partial charge in [-0.15, -0.1) is 0 Å². The lowest BCUT2D eigenvalue weighted by molar-refractivity contribution is -0.262. The Hall–Kier alpha value is -3.13. The highest BCUT2D eigenvalue weighted by molar-refractivity contribution is 6.12. The molecule has 1 atom stereocenters. The Balaban J connectivity index is 1.97. The molecule has 8 heteroatoms. The highest BCUT2D eigenvalue weighted by Crippen LogP contribution is 2.43. The molecule has 0 saturated carbocycles. The summed E-state index contributed by atoms with van der Waals surface area (Å²) in [6.07, 6.45) is 2.35. The molecule has 182 valence electrons. The first-order valence-corrected chi connectivity index (χ1v) is 10.8. The number of nitrogens with zero attached hydrogens (tertiary/aromatic N) is 1. The summed E-state index contributed by atoms with van der Waals surface area (Å²) in [5.41, 5.74) is -1.73. The first-order chi connectivity index (χ1) is 15.8. The summed E-state index contributed by atoms with van der Waals surface area (Å²) < 4.78 is 62.2. The van der Waals surface area contributed by atoms with Gasteiger partial charge in [-0.3, -0.25) is 4.99 Å². The lowest BCUT2D eigenvalue weighted by Crippen LogP contribution is -2.51. The summed E-state index contributed by atoms with van der Waals surface area (Å²) in [4.78, 5) is 4.16. The summed E-state index contributed by atoms with van der Waals surface area (Å²) in [5.74, 6) is -0.595. The van der Waals surface area contributed by atoms with E-state index in [2.05, 4.69) is 16.9 Å². The summed E-state index contributed by atoms with van der Waals surface area (Å²) in [5, 5.41) is 14.4. The first kappa shape index (κ1) is 25.5. The number of aliphatic hydroxyl groups is 1. The molecule has 0 radical (unpaired) electrons. The average molecular weight is 477 g/mol. The number of alkyl halides is 3. The van der Waals surface area contributed by atoms with Gasteiger partial charge in [0.05, 0.1) is 18.5 Å². The van der Waals surface area contributed by atoms with E-state index in [4.69, 9.17) is 4.42 Å². The van der Waals surface area contributed by atoms with Crippen LogP contribution in [0.5, 0.6) is 0 Å². The van der Waals surface area contributed by atoms with E-state index in [0.717, 1.165) is 6.07 Å². The third-order valence-electron chi connectivity index (χ3n) is 5.74. The third kappa shape index (κ3) is 5.17. The molecule has 0 bridgehead atoms. The number of fused-ring (bicyclic) bond motifs is 1. The van der Waals surface area contributed by atoms with Gasteiger partial charge in [0.2, 0.25) is 0 Å². The lowest BCUT2D eigenvalue weighted by atomic mass is 9.74. The van der Waals surface area contributed by atoms with Gasteiger partial charge in [0.15, 0.2) is 5.60 Å². The molecular formula is C26H28F4N2O2. The minimum absolute atomic E-state index is 0.241. The highest BCUT2D eigenvalue weighted by Gasteiger charge is 2.56. The van der Waals surface area contributed by atoms with Crippen molar-refractivity contribution in [3.05, 3.63) is 83.7 Å². The minimum Gasteiger partial charge on any atom is -0.464 e. The van der Waals surface area contributed by atoms with Gasteiger partial charge in [-0.05, 0) is 56.0 Å². The zero-order valence-corrected chi connectivity index (χ0v) is 19.6. The van der Waals surface area contributed by atoms with Crippen LogP contribution in [0.15, 0.2) is 81.7 Å². The van der Waals surface area contributed by atoms with Crippen molar-refractivity contribution in [3.8, 4) is 0 Å². The monoisotopic (exact) mass is 476 g/mol. The largest absolute Gasteiger partial charge is 0.464 e. The van der Waals surface area contributed by atoms with Crippen LogP contribution in [0.1, 0.15) is 39.7 Å². The van der Waals surface area contributed by atoms with Crippen molar-refractivity contribution in [2.45, 2.75) is 51.3 Å². The van der Waals surface area contributed by atoms with Crippen LogP contribution in [0, 0.1) is 5.82 Å². The van der Waals surface area contributed by atoms with Gasteiger partial charge in [0, 0.05) is 27.9 Å². The van der Waals surface area contributed by atoms with Crippen molar-refractivity contribution >= 4 is 16.7 Å². The number of hydrogen-bond donors (Lipinski definition) is 2. The molecule has 0 fully saturated rings. The molecule has 1 aliphatic rings. The van der Waals surface area contributed by atoms with Crippen molar-refractivity contribution in [1.82, 2.24) is 5.32 Å². The van der Waals surface area contributed by atoms with Crippen LogP contribution in [-0.4, -0.2) is 29.1 Å². The van der Waals surface area contributed by atoms with Crippen molar-refractivity contribution in [3.63, 3.8) is 0 Å². The maximum absolute atomic E-state index is 14.2. The second-order valence-corrected chi connectivity index (χ2v) is 9.13. The van der Waals surface area contributed by atoms with Crippen molar-refractivity contribution < 1.29 is 27.1 Å². The molecule has 4 nitrogen and oxygen atoms in total. The van der Waals surface area contributed by atoms with E-state index in [1.807, 2.05) is 0 Å². The predicted molar refractivity (Wildman–Crippen MR) is 126 cm³/mol. The van der Waals surface area contributed by atoms with Gasteiger partial charge >= 0.3 is 6.18 Å². The van der Waals surface area contributed by atoms with Crippen LogP contribution >= 0.6 is 0 Å². The van der Waals surface area contributed by atoms with Crippen LogP contribution in [-0.2, 0) is 5.41 Å². The SMILES string of the molecule is C=C(C)NC1=CC=CC(=NC[C@](O)(CC(C)(C)c2cc(F)cc3ccoc23)C(F)(F)F)/C1=C/C. The molecule has 0 unspecified atom stereocenters. The van der Waals surface area contributed by atoms with E-state index in [1.165, 1.54) is 32.2 Å². The Kier molecular flexibility index (Phi) is 6.94. The molecule has 2 N–H and O–H groups in total. The normalized spacial score (nSPS) is 18.9. The number of hydrogen-bond acceptors (Lipinski definition) is 4. The summed E-state index contributed by atoms with van der Waals surface area (Å²) >= 11 is 0. The zero-order valence-electron chi connectivity index (χ0n) is 19.6. The summed E-state index contributed by atoms with van der Waals surface area (Å²) in [6, 6.07) is 3.94. The van der Waals surface area contributed by atoms with Crippen LogP contribution in [0.4, 0.5) is 17.6 Å². The maximum atomic E-state index is 14.2. The Labute approximate surface area is 196 Å². The van der Waals surface area contributed by atoms with Crippen LogP contribution < -0.4 is 5.32 Å². The topological polar surface area (TPSA) is 57.8 Å². The quantitative estimate of drug-likeness (QED) is 0.449. The molecule has 1 heterocycles. The summed E-state index contributed by atoms with van der Waals surface area (Å²) in [7, 11) is 0. The highest BCUT2D eigenvalue weighted by atomic mass is 19.4. The number of nitrogens with one attached hydrogen (secondary N) is 1. The van der Waals surface area contributed by atoms with Gasteiger partial charge in [-0.1, -0.05) is 32.6 Å². The van der Waals surface area contributed by atoms with Crippen molar-refractivity contribution in [2.75, 3.05) is 6.54 Å². The lowest BCUT2D eigenvalue weighted by Gasteiger charge is -2.37. The standard InChI is InChI=1S/C26H28F4N2O2/c1-6-19-21(8-7-9-22(19)32-16(2)3)31-15-25(33,26(28,29)30)14-24(4,5)20-13-18(27)12-17-10-11-34-23(17)20/h6-13,32-33H,2,14-15H2,1,3-5H3/b19-6-,31-21?/t25-/m1/s1. The Bertz CT molecular complexity index is 1220. The number of furan rings is 1. The van der Waals surface area contributed by atoms with E-state index < -0.39 is 36.0 Å². The van der Waals surface area contributed by atoms with Crippen LogP contribution in [0.3, 0.4) is 0 Å². The molecule has 3 rings (SSSR count). The Morgan fingerprint density at radius 1 is 1.26 bits per heavy atom. The molecule has 0 amide bonds. The van der Waals surface area contributed by atoms with Gasteiger partial charge in [-0.25, -0.2) is 4.39 Å². The second-order valence-electron chi connectivity index (χ2n) is 9.13. The molecular weight excluding hydrogens is 448 g/mol. The molecule has 0 aliphatic heterocycles. The van der Waals surface area contributed by atoms with E-state index in [1.54, 1.807) is 38.2 Å². The Morgan fingerprint density at radius 2 is 1.97 bits per heavy atom. The fourth-order valence-electron chi connectivity index (χ4n) is 4.17. The van der Waals surface area contributed by atoms with Gasteiger partial charge in [0.1, 0.15) is 11.4 Å². The number of aliphatic imine (C=N–C) groups is 1. The van der Waals surface area contributed by atoms with E-state index in [0.29, 0.717) is 28.1 Å². The fraction of sp³-hybridized carbons (Fsp3) is 0.346. The Morgan fingerprint density at radius 3 is 2.59 bits per heavy atom. The third-order valence-corrected chi connectivity index (χ3v) is 5.74. The molecule has 0 saturated heterocycles. The number of rotatable bonds is 7. The molecule has 1 aromatic carbocycles. The average Bonchev–Trinajstić information content (AvgIpc) is 3.18. The molecule has 1 aliphatic carbocycles. The minimum atomic E-state index is -4.98. The van der Waals surface area contributed by atoms with E-state index in [-0.39, 0.29) is 11.1 Å². The van der Waals surface area contributed by atoms with E-state index in [9.17, 15) is 22.7 Å². The fourth-order valence-corrected chi connectivity index (χ4v) is 4.17. The van der Waals surface area contributed by atoms with Crippen molar-refractivity contribution in [1.29, 1.82) is 0 Å². The number of benzene rings is 1. The molecule has 2 aromatic rings. The summed E-state index contributed by atoms with van der Waals surface area (Å²) in [6.45, 7) is 9.40. The van der Waals surface area contributed by atoms with Crippen LogP contribution in [0.25, 0.3) is 11.0 Å². The molecule has 1 aromatic heterocycles. The number of allylic oxidation sites excluding steroid dienone is 6. The van der Waals surface area contributed by atoms with Crippen molar-refractivity contribution in [2.24, 2.45) is 4.99 Å².